The van der Waals surface area contributed by atoms with Crippen LogP contribution in [0.3, 0.4) is 0 Å². The minimum absolute atomic E-state index is 0.0201. The molecule has 2 aliphatic heterocycles. The third-order valence-electron chi connectivity index (χ3n) is 13.5. The highest BCUT2D eigenvalue weighted by Crippen LogP contribution is 2.42. The molecule has 2 saturated heterocycles. The number of nitrogens with zero attached hydrogens (tertiary/aromatic N) is 3. The van der Waals surface area contributed by atoms with E-state index in [1.165, 1.54) is 11.1 Å². The van der Waals surface area contributed by atoms with Crippen molar-refractivity contribution in [1.29, 1.82) is 0 Å². The van der Waals surface area contributed by atoms with Gasteiger partial charge >= 0.3 is 0 Å². The van der Waals surface area contributed by atoms with Gasteiger partial charge in [0.2, 0.25) is 23.6 Å². The van der Waals surface area contributed by atoms with Crippen LogP contribution in [0.1, 0.15) is 135 Å². The molecule has 12 nitrogen and oxygen atoms in total. The number of carbonyl (C=O) groups is 6. The van der Waals surface area contributed by atoms with Crippen molar-refractivity contribution in [2.45, 2.75) is 121 Å². The van der Waals surface area contributed by atoms with Crippen molar-refractivity contribution in [2.75, 3.05) is 39.3 Å². The Morgan fingerprint density at radius 2 is 1.03 bits per heavy atom. The largest absolute Gasteiger partial charge is 0.354 e. The van der Waals surface area contributed by atoms with Gasteiger partial charge in [-0.1, -0.05) is 119 Å². The van der Waals surface area contributed by atoms with Gasteiger partial charge in [0.25, 0.3) is 11.8 Å². The van der Waals surface area contributed by atoms with E-state index in [9.17, 15) is 28.8 Å². The minimum Gasteiger partial charge on any atom is -0.354 e. The minimum atomic E-state index is -0.781. The summed E-state index contributed by atoms with van der Waals surface area (Å²) in [7, 11) is 0. The first-order valence-corrected chi connectivity index (χ1v) is 23.6. The van der Waals surface area contributed by atoms with E-state index in [0.717, 1.165) is 70.6 Å². The van der Waals surface area contributed by atoms with Gasteiger partial charge in [0.15, 0.2) is 0 Å². The van der Waals surface area contributed by atoms with Crippen LogP contribution < -0.4 is 16.0 Å². The molecule has 4 fully saturated rings. The van der Waals surface area contributed by atoms with E-state index in [1.807, 2.05) is 36.4 Å². The highest BCUT2D eigenvalue weighted by Gasteiger charge is 2.49. The van der Waals surface area contributed by atoms with Gasteiger partial charge in [-0.15, -0.1) is 0 Å². The molecule has 336 valence electrons. The molecule has 0 aromatic heterocycles. The zero-order valence-corrected chi connectivity index (χ0v) is 37.1. The van der Waals surface area contributed by atoms with Crippen LogP contribution in [0.2, 0.25) is 0 Å². The number of likely N-dealkylation sites (tertiary alicyclic amines) is 1. The van der Waals surface area contributed by atoms with Gasteiger partial charge in [-0.3, -0.25) is 28.8 Å². The number of hydrogen-bond donors (Lipinski definition) is 3. The molecule has 7 atom stereocenters. The Hall–Kier alpha value is -5.52. The van der Waals surface area contributed by atoms with Gasteiger partial charge in [0.1, 0.15) is 6.04 Å². The van der Waals surface area contributed by atoms with Crippen LogP contribution in [-0.4, -0.2) is 108 Å². The Bertz CT molecular complexity index is 1970. The van der Waals surface area contributed by atoms with Crippen molar-refractivity contribution in [1.82, 2.24) is 30.7 Å². The fourth-order valence-electron chi connectivity index (χ4n) is 9.44. The van der Waals surface area contributed by atoms with Crippen LogP contribution in [0.25, 0.3) is 0 Å². The van der Waals surface area contributed by atoms with Crippen molar-refractivity contribution in [3.8, 4) is 0 Å². The zero-order valence-electron chi connectivity index (χ0n) is 37.1. The molecule has 0 radical (unpaired) electrons. The molecule has 4 aliphatic rings. The molecule has 3 unspecified atom stereocenters. The third kappa shape index (κ3) is 11.7. The molecule has 63 heavy (non-hydrogen) atoms. The molecule has 3 aromatic rings. The van der Waals surface area contributed by atoms with Crippen molar-refractivity contribution in [3.05, 3.63) is 107 Å². The van der Waals surface area contributed by atoms with E-state index in [1.54, 1.807) is 39.0 Å². The molecule has 0 bridgehead atoms. The maximum Gasteiger partial charge on any atom is 0.253 e. The number of piperazine rings is 1. The first-order valence-electron chi connectivity index (χ1n) is 23.6. The standard InChI is InChI=1S/C51H66N6O6/c1-3-5-7-9-16-22-46(58)57-29-28-55(34-45(57)49(61)52-27-17-8-6-4-2)50(62)37-23-25-38(26-24-37)51(63)56-32-41(47(59)53-43-30-39(43)35-18-12-10-13-19-35)42(33-56)48(60)54-44-31-40(44)36-20-14-11-15-21-36/h10-15,18-21,23-26,39-45H,3-9,16-17,22,27-34H2,1-2H3,(H,52,61)(H,53,59)(H,54,60)/t39-,40-,41-,42-,43?,44?,45?/m1/s1. The lowest BCUT2D eigenvalue weighted by Crippen LogP contribution is -2.61. The second-order valence-electron chi connectivity index (χ2n) is 18.1. The highest BCUT2D eigenvalue weighted by atomic mass is 16.2. The Balaban J connectivity index is 0.988. The van der Waals surface area contributed by atoms with Crippen LogP contribution in [0.15, 0.2) is 84.9 Å². The molecule has 7 rings (SSSR count). The first kappa shape index (κ1) is 45.5. The molecule has 3 N–H and O–H groups in total. The molecule has 0 spiro atoms. The lowest BCUT2D eigenvalue weighted by molar-refractivity contribution is -0.143. The smallest absolute Gasteiger partial charge is 0.253 e. The van der Waals surface area contributed by atoms with E-state index < -0.39 is 17.9 Å². The average Bonchev–Trinajstić information content (AvgIpc) is 4.23. The fourth-order valence-corrected chi connectivity index (χ4v) is 9.44. The Morgan fingerprint density at radius 1 is 0.540 bits per heavy atom. The van der Waals surface area contributed by atoms with Crippen molar-refractivity contribution < 1.29 is 28.8 Å². The van der Waals surface area contributed by atoms with Gasteiger partial charge < -0.3 is 30.7 Å². The van der Waals surface area contributed by atoms with Gasteiger partial charge in [0.05, 0.1) is 18.4 Å². The van der Waals surface area contributed by atoms with E-state index in [4.69, 9.17) is 0 Å². The summed E-state index contributed by atoms with van der Waals surface area (Å²) in [6, 6.07) is 25.8. The molecular weight excluding hydrogens is 793 g/mol. The number of nitrogens with one attached hydrogen (secondary N) is 3. The maximum absolute atomic E-state index is 14.1. The van der Waals surface area contributed by atoms with Gasteiger partial charge in [-0.25, -0.2) is 0 Å². The number of unbranched alkanes of at least 4 members (excludes halogenated alkanes) is 7. The summed E-state index contributed by atoms with van der Waals surface area (Å²) >= 11 is 0. The normalized spacial score (nSPS) is 23.8. The topological polar surface area (TPSA) is 148 Å². The van der Waals surface area contributed by atoms with Crippen LogP contribution in [0.4, 0.5) is 0 Å². The van der Waals surface area contributed by atoms with E-state index in [2.05, 4.69) is 54.1 Å². The van der Waals surface area contributed by atoms with Gasteiger partial charge in [-0.05, 0) is 61.1 Å². The number of benzene rings is 3. The van der Waals surface area contributed by atoms with Gasteiger partial charge in [0, 0.05) is 74.2 Å². The number of carbonyl (C=O) groups excluding carboxylic acids is 6. The quantitative estimate of drug-likeness (QED) is 0.112. The average molecular weight is 859 g/mol. The monoisotopic (exact) mass is 859 g/mol. The molecule has 3 aromatic carbocycles. The van der Waals surface area contributed by atoms with Crippen molar-refractivity contribution in [3.63, 3.8) is 0 Å². The van der Waals surface area contributed by atoms with Crippen LogP contribution in [-0.2, 0) is 19.2 Å². The number of hydrogen-bond acceptors (Lipinski definition) is 6. The summed E-state index contributed by atoms with van der Waals surface area (Å²) in [5, 5.41) is 9.40. The summed E-state index contributed by atoms with van der Waals surface area (Å²) in [5.74, 6) is -2.31. The Morgan fingerprint density at radius 3 is 1.56 bits per heavy atom. The summed E-state index contributed by atoms with van der Waals surface area (Å²) in [6.07, 6.45) is 11.2. The SMILES string of the molecule is CCCCCCCC(=O)N1CCN(C(=O)c2ccc(C(=O)N3C[C@@H](C(=O)NC4C[C@@H]4c4ccccc4)[C@H](C(=O)NC4C[C@@H]4c4ccccc4)C3)cc2)CC1C(=O)NCCCCCC. The van der Waals surface area contributed by atoms with Crippen LogP contribution in [0.5, 0.6) is 0 Å². The summed E-state index contributed by atoms with van der Waals surface area (Å²) in [6.45, 7) is 5.66. The molecule has 12 heteroatoms. The lowest BCUT2D eigenvalue weighted by Gasteiger charge is -2.40. The highest BCUT2D eigenvalue weighted by molar-refractivity contribution is 6.00. The van der Waals surface area contributed by atoms with Crippen molar-refractivity contribution in [2.24, 2.45) is 11.8 Å². The Labute approximate surface area is 372 Å². The summed E-state index contributed by atoms with van der Waals surface area (Å²) in [4.78, 5) is 87.7. The summed E-state index contributed by atoms with van der Waals surface area (Å²) < 4.78 is 0. The van der Waals surface area contributed by atoms with E-state index in [0.29, 0.717) is 30.6 Å². The van der Waals surface area contributed by atoms with E-state index >= 15 is 0 Å². The second-order valence-corrected chi connectivity index (χ2v) is 18.1. The van der Waals surface area contributed by atoms with Gasteiger partial charge in [-0.2, -0.15) is 0 Å². The molecule has 2 saturated carbocycles. The fraction of sp³-hybridized carbons (Fsp3) is 0.529. The predicted octanol–water partition coefficient (Wildman–Crippen LogP) is 6.43. The molecular formula is C51H66N6O6. The lowest BCUT2D eigenvalue weighted by atomic mass is 9.94. The van der Waals surface area contributed by atoms with E-state index in [-0.39, 0.29) is 85.5 Å². The molecule has 6 amide bonds. The van der Waals surface area contributed by atoms with Crippen molar-refractivity contribution >= 4 is 35.4 Å². The predicted molar refractivity (Wildman–Crippen MR) is 243 cm³/mol. The first-order chi connectivity index (χ1) is 30.7. The number of rotatable bonds is 20. The maximum atomic E-state index is 14.1. The number of amides is 6. The molecule has 2 aliphatic carbocycles. The molecule has 2 heterocycles. The Kier molecular flexibility index (Phi) is 15.7. The van der Waals surface area contributed by atoms with Crippen LogP contribution in [0, 0.1) is 11.8 Å². The van der Waals surface area contributed by atoms with Crippen LogP contribution >= 0.6 is 0 Å². The third-order valence-corrected chi connectivity index (χ3v) is 13.5. The zero-order chi connectivity index (χ0) is 44.3. The second kappa shape index (κ2) is 21.7. The summed E-state index contributed by atoms with van der Waals surface area (Å²) in [5.41, 5.74) is 3.05.